The summed E-state index contributed by atoms with van der Waals surface area (Å²) < 4.78 is 30.9. The van der Waals surface area contributed by atoms with Crippen LogP contribution in [-0.2, 0) is 14.8 Å². The highest BCUT2D eigenvalue weighted by atomic mass is 35.5. The van der Waals surface area contributed by atoms with Gasteiger partial charge in [-0.15, -0.1) is 0 Å². The highest BCUT2D eigenvalue weighted by Gasteiger charge is 2.29. The van der Waals surface area contributed by atoms with Crippen molar-refractivity contribution < 1.29 is 17.9 Å². The van der Waals surface area contributed by atoms with Crippen LogP contribution in [0.2, 0.25) is 5.02 Å². The number of anilines is 2. The van der Waals surface area contributed by atoms with Crippen molar-refractivity contribution in [2.24, 2.45) is 0 Å². The molecule has 0 fully saturated rings. The number of methoxy groups -OCH3 is 1. The Morgan fingerprint density at radius 3 is 2.33 bits per heavy atom. The summed E-state index contributed by atoms with van der Waals surface area (Å²) in [6.07, 6.45) is 1.05. The first-order valence-corrected chi connectivity index (χ1v) is 10.5. The number of nitrogens with one attached hydrogen (secondary N) is 1. The molecule has 0 aliphatic rings. The molecule has 27 heavy (non-hydrogen) atoms. The van der Waals surface area contributed by atoms with Gasteiger partial charge in [0, 0.05) is 5.69 Å². The third-order valence-electron chi connectivity index (χ3n) is 4.25. The Balaban J connectivity index is 2.34. The fraction of sp³-hybridized carbons (Fsp3) is 0.316. The molecule has 1 amide bonds. The monoisotopic (exact) mass is 410 g/mol. The zero-order valence-corrected chi connectivity index (χ0v) is 17.5. The maximum absolute atomic E-state index is 12.7. The van der Waals surface area contributed by atoms with Gasteiger partial charge in [-0.25, -0.2) is 8.42 Å². The number of rotatable bonds is 6. The molecule has 0 spiro atoms. The molecular formula is C19H23ClN2O4S. The lowest BCUT2D eigenvalue weighted by Gasteiger charge is -2.28. The average molecular weight is 411 g/mol. The van der Waals surface area contributed by atoms with Crippen LogP contribution in [-0.4, -0.2) is 33.7 Å². The summed E-state index contributed by atoms with van der Waals surface area (Å²) in [6, 6.07) is 9.10. The zero-order chi connectivity index (χ0) is 20.4. The minimum atomic E-state index is -3.73. The Kier molecular flexibility index (Phi) is 6.38. The number of benzene rings is 2. The van der Waals surface area contributed by atoms with E-state index < -0.39 is 22.0 Å². The van der Waals surface area contributed by atoms with Gasteiger partial charge in [0.05, 0.1) is 24.1 Å². The number of halogens is 1. The molecular weight excluding hydrogens is 388 g/mol. The minimum Gasteiger partial charge on any atom is -0.495 e. The number of ether oxygens (including phenoxy) is 1. The second kappa shape index (κ2) is 8.19. The predicted octanol–water partition coefficient (Wildman–Crippen LogP) is 3.76. The fourth-order valence-corrected chi connectivity index (χ4v) is 4.09. The van der Waals surface area contributed by atoms with E-state index in [1.54, 1.807) is 18.2 Å². The summed E-state index contributed by atoms with van der Waals surface area (Å²) in [5.41, 5.74) is 3.02. The van der Waals surface area contributed by atoms with Gasteiger partial charge in [0.15, 0.2) is 0 Å². The molecule has 0 radical (unpaired) electrons. The van der Waals surface area contributed by atoms with Gasteiger partial charge in [0.25, 0.3) is 0 Å². The summed E-state index contributed by atoms with van der Waals surface area (Å²) in [6.45, 7) is 5.44. The van der Waals surface area contributed by atoms with Crippen LogP contribution in [0, 0.1) is 13.8 Å². The number of hydrogen-bond acceptors (Lipinski definition) is 4. The van der Waals surface area contributed by atoms with Crippen molar-refractivity contribution in [1.29, 1.82) is 0 Å². The lowest BCUT2D eigenvalue weighted by Crippen LogP contribution is -2.45. The van der Waals surface area contributed by atoms with Gasteiger partial charge in [-0.1, -0.05) is 17.7 Å². The molecule has 0 aromatic heterocycles. The van der Waals surface area contributed by atoms with Gasteiger partial charge in [0.2, 0.25) is 15.9 Å². The summed E-state index contributed by atoms with van der Waals surface area (Å²) >= 11 is 6.12. The van der Waals surface area contributed by atoms with Crippen LogP contribution in [0.4, 0.5) is 11.4 Å². The van der Waals surface area contributed by atoms with Gasteiger partial charge < -0.3 is 10.1 Å². The molecule has 146 valence electrons. The maximum atomic E-state index is 12.7. The molecule has 2 rings (SSSR count). The topological polar surface area (TPSA) is 75.7 Å². The Morgan fingerprint density at radius 1 is 1.15 bits per heavy atom. The quantitative estimate of drug-likeness (QED) is 0.786. The molecule has 2 aromatic carbocycles. The molecule has 6 nitrogen and oxygen atoms in total. The number of sulfonamides is 1. The first kappa shape index (κ1) is 21.1. The van der Waals surface area contributed by atoms with E-state index in [1.807, 2.05) is 26.0 Å². The van der Waals surface area contributed by atoms with Crippen LogP contribution in [0.3, 0.4) is 0 Å². The number of nitrogens with zero attached hydrogens (tertiary/aromatic N) is 1. The number of carbonyl (C=O) groups excluding carboxylic acids is 1. The molecule has 0 saturated heterocycles. The summed E-state index contributed by atoms with van der Waals surface area (Å²) in [4.78, 5) is 12.7. The van der Waals surface area contributed by atoms with Crippen LogP contribution in [0.5, 0.6) is 5.75 Å². The van der Waals surface area contributed by atoms with E-state index in [2.05, 4.69) is 5.32 Å². The summed E-state index contributed by atoms with van der Waals surface area (Å²) in [5, 5.41) is 3.02. The van der Waals surface area contributed by atoms with E-state index in [9.17, 15) is 13.2 Å². The van der Waals surface area contributed by atoms with Crippen molar-refractivity contribution in [2.45, 2.75) is 26.8 Å². The van der Waals surface area contributed by atoms with Gasteiger partial charge in [0.1, 0.15) is 11.8 Å². The second-order valence-corrected chi connectivity index (χ2v) is 8.61. The number of aryl methyl sites for hydroxylation is 2. The van der Waals surface area contributed by atoms with Crippen molar-refractivity contribution in [3.8, 4) is 5.75 Å². The Bertz CT molecular complexity index is 960. The van der Waals surface area contributed by atoms with Crippen LogP contribution >= 0.6 is 11.6 Å². The van der Waals surface area contributed by atoms with Gasteiger partial charge >= 0.3 is 0 Å². The average Bonchev–Trinajstić information content (AvgIpc) is 2.57. The molecule has 1 atom stereocenters. The second-order valence-electron chi connectivity index (χ2n) is 6.34. The summed E-state index contributed by atoms with van der Waals surface area (Å²) in [7, 11) is -2.27. The summed E-state index contributed by atoms with van der Waals surface area (Å²) in [5.74, 6) is -0.0308. The van der Waals surface area contributed by atoms with E-state index in [0.29, 0.717) is 11.4 Å². The normalized spacial score (nSPS) is 12.4. The molecule has 2 aromatic rings. The fourth-order valence-electron chi connectivity index (χ4n) is 2.67. The highest BCUT2D eigenvalue weighted by molar-refractivity contribution is 7.92. The lowest BCUT2D eigenvalue weighted by molar-refractivity contribution is -0.116. The molecule has 0 aliphatic carbocycles. The van der Waals surface area contributed by atoms with Gasteiger partial charge in [-0.3, -0.25) is 9.10 Å². The molecule has 8 heteroatoms. The molecule has 1 N–H and O–H groups in total. The number of hydrogen-bond donors (Lipinski definition) is 1. The number of carbonyl (C=O) groups is 1. The maximum Gasteiger partial charge on any atom is 0.247 e. The van der Waals surface area contributed by atoms with Crippen LogP contribution in [0.1, 0.15) is 18.1 Å². The van der Waals surface area contributed by atoms with E-state index in [0.717, 1.165) is 21.7 Å². The smallest absolute Gasteiger partial charge is 0.247 e. The standard InChI is InChI=1S/C19H23ClN2O4S/c1-12-6-7-15(10-13(12)2)21-19(23)14(3)22(27(5,24)25)16-8-9-18(26-4)17(20)11-16/h6-11,14H,1-5H3,(H,21,23)/t14-/m0/s1. The molecule has 0 saturated carbocycles. The third-order valence-corrected chi connectivity index (χ3v) is 5.79. The van der Waals surface area contributed by atoms with Crippen molar-refractivity contribution in [1.82, 2.24) is 0 Å². The third kappa shape index (κ3) is 4.93. The van der Waals surface area contributed by atoms with Crippen molar-refractivity contribution in [3.63, 3.8) is 0 Å². The lowest BCUT2D eigenvalue weighted by atomic mass is 10.1. The van der Waals surface area contributed by atoms with Crippen molar-refractivity contribution in [3.05, 3.63) is 52.5 Å². The Hall–Kier alpha value is -2.25. The van der Waals surface area contributed by atoms with E-state index in [4.69, 9.17) is 16.3 Å². The largest absolute Gasteiger partial charge is 0.495 e. The van der Waals surface area contributed by atoms with E-state index >= 15 is 0 Å². The molecule has 0 bridgehead atoms. The van der Waals surface area contributed by atoms with Crippen LogP contribution in [0.25, 0.3) is 0 Å². The van der Waals surface area contributed by atoms with E-state index in [1.165, 1.54) is 20.1 Å². The van der Waals surface area contributed by atoms with Crippen LogP contribution < -0.4 is 14.4 Å². The SMILES string of the molecule is COc1ccc(N([C@@H](C)C(=O)Nc2ccc(C)c(C)c2)S(C)(=O)=O)cc1Cl. The molecule has 0 aliphatic heterocycles. The minimum absolute atomic E-state index is 0.255. The molecule has 0 heterocycles. The first-order valence-electron chi connectivity index (χ1n) is 8.25. The Labute approximate surface area is 165 Å². The van der Waals surface area contributed by atoms with Crippen molar-refractivity contribution in [2.75, 3.05) is 23.0 Å². The van der Waals surface area contributed by atoms with Gasteiger partial charge in [-0.2, -0.15) is 0 Å². The predicted molar refractivity (Wildman–Crippen MR) is 109 cm³/mol. The first-order chi connectivity index (χ1) is 12.5. The molecule has 0 unspecified atom stereocenters. The zero-order valence-electron chi connectivity index (χ0n) is 15.9. The van der Waals surface area contributed by atoms with Gasteiger partial charge in [-0.05, 0) is 62.2 Å². The Morgan fingerprint density at radius 2 is 1.81 bits per heavy atom. The number of amides is 1. The van der Waals surface area contributed by atoms with Crippen LogP contribution in [0.15, 0.2) is 36.4 Å². The highest BCUT2D eigenvalue weighted by Crippen LogP contribution is 2.31. The van der Waals surface area contributed by atoms with E-state index in [-0.39, 0.29) is 10.7 Å². The van der Waals surface area contributed by atoms with Crippen molar-refractivity contribution >= 4 is 38.9 Å².